The Labute approximate surface area is 119 Å². The molecule has 1 N–H and O–H groups in total. The fourth-order valence-corrected chi connectivity index (χ4v) is 4.09. The number of hydrogen-bond acceptors (Lipinski definition) is 3. The molecular weight excluding hydrogens is 314 g/mol. The largest absolute Gasteiger partial charge is 0.306 e. The maximum Gasteiger partial charge on any atom is 0.0702 e. The molecule has 2 heterocycles. The molecule has 1 atom stereocenters. The standard InChI is InChI=1S/C13H16BrNS2/c1-3-7-15-13(10-6-8-16-9(10)2)11-4-5-12(14)17-11/h4-6,8,13,15H,3,7H2,1-2H3. The SMILES string of the molecule is CCCNC(c1ccc(Br)s1)c1ccsc1C. The van der Waals surface area contributed by atoms with Gasteiger partial charge in [-0.05, 0) is 65.0 Å². The molecule has 17 heavy (non-hydrogen) atoms. The Bertz CT molecular complexity index is 475. The van der Waals surface area contributed by atoms with Gasteiger partial charge in [0.1, 0.15) is 0 Å². The van der Waals surface area contributed by atoms with E-state index in [2.05, 4.69) is 58.7 Å². The Morgan fingerprint density at radius 3 is 2.71 bits per heavy atom. The van der Waals surface area contributed by atoms with E-state index < -0.39 is 0 Å². The monoisotopic (exact) mass is 329 g/mol. The van der Waals surface area contributed by atoms with Crippen molar-refractivity contribution in [3.8, 4) is 0 Å². The van der Waals surface area contributed by atoms with Crippen LogP contribution in [0.5, 0.6) is 0 Å². The molecule has 0 aliphatic heterocycles. The third kappa shape index (κ3) is 3.19. The summed E-state index contributed by atoms with van der Waals surface area (Å²) >= 11 is 7.18. The van der Waals surface area contributed by atoms with E-state index in [-0.39, 0.29) is 0 Å². The van der Waals surface area contributed by atoms with Crippen LogP contribution in [-0.4, -0.2) is 6.54 Å². The van der Waals surface area contributed by atoms with Gasteiger partial charge in [-0.3, -0.25) is 0 Å². The maximum absolute atomic E-state index is 3.64. The fourth-order valence-electron chi connectivity index (χ4n) is 1.83. The van der Waals surface area contributed by atoms with E-state index in [1.807, 2.05) is 22.7 Å². The second-order valence-corrected chi connectivity index (χ2v) is 7.58. The molecule has 0 bridgehead atoms. The van der Waals surface area contributed by atoms with Crippen molar-refractivity contribution in [2.75, 3.05) is 6.54 Å². The minimum absolute atomic E-state index is 0.345. The van der Waals surface area contributed by atoms with E-state index in [1.165, 1.54) is 19.1 Å². The summed E-state index contributed by atoms with van der Waals surface area (Å²) < 4.78 is 1.20. The van der Waals surface area contributed by atoms with Crippen LogP contribution < -0.4 is 5.32 Å². The lowest BCUT2D eigenvalue weighted by Gasteiger charge is -2.17. The predicted octanol–water partition coefficient (Wildman–Crippen LogP) is 4.97. The molecule has 4 heteroatoms. The Hall–Kier alpha value is -0.160. The van der Waals surface area contributed by atoms with E-state index in [0.29, 0.717) is 6.04 Å². The highest BCUT2D eigenvalue weighted by Crippen LogP contribution is 2.34. The van der Waals surface area contributed by atoms with Crippen LogP contribution in [0.25, 0.3) is 0 Å². The van der Waals surface area contributed by atoms with Gasteiger partial charge in [0.2, 0.25) is 0 Å². The zero-order valence-electron chi connectivity index (χ0n) is 10.00. The summed E-state index contributed by atoms with van der Waals surface area (Å²) in [7, 11) is 0. The molecule has 1 unspecified atom stereocenters. The van der Waals surface area contributed by atoms with Crippen molar-refractivity contribution in [2.45, 2.75) is 26.3 Å². The highest BCUT2D eigenvalue weighted by molar-refractivity contribution is 9.11. The molecule has 0 spiro atoms. The molecule has 0 radical (unpaired) electrons. The summed E-state index contributed by atoms with van der Waals surface area (Å²) in [5.41, 5.74) is 1.41. The third-order valence-corrected chi connectivity index (χ3v) is 5.24. The van der Waals surface area contributed by atoms with Crippen molar-refractivity contribution >= 4 is 38.6 Å². The summed E-state index contributed by atoms with van der Waals surface area (Å²) in [5, 5.41) is 5.81. The molecule has 0 saturated carbocycles. The van der Waals surface area contributed by atoms with Gasteiger partial charge in [-0.1, -0.05) is 6.92 Å². The van der Waals surface area contributed by atoms with Crippen LogP contribution >= 0.6 is 38.6 Å². The van der Waals surface area contributed by atoms with Crippen LogP contribution in [0.1, 0.15) is 34.7 Å². The average Bonchev–Trinajstić information content (AvgIpc) is 2.90. The van der Waals surface area contributed by atoms with Gasteiger partial charge in [0.25, 0.3) is 0 Å². The van der Waals surface area contributed by atoms with Gasteiger partial charge < -0.3 is 5.32 Å². The number of rotatable bonds is 5. The summed E-state index contributed by atoms with van der Waals surface area (Å²) in [5.74, 6) is 0. The smallest absolute Gasteiger partial charge is 0.0702 e. The van der Waals surface area contributed by atoms with Gasteiger partial charge >= 0.3 is 0 Å². The third-order valence-electron chi connectivity index (χ3n) is 2.69. The van der Waals surface area contributed by atoms with Crippen LogP contribution in [0.2, 0.25) is 0 Å². The van der Waals surface area contributed by atoms with Gasteiger partial charge in [0.15, 0.2) is 0 Å². The molecule has 0 saturated heterocycles. The Morgan fingerprint density at radius 1 is 1.35 bits per heavy atom. The van der Waals surface area contributed by atoms with E-state index in [4.69, 9.17) is 0 Å². The Kier molecular flexibility index (Phi) is 4.79. The topological polar surface area (TPSA) is 12.0 Å². The second-order valence-electron chi connectivity index (χ2n) is 3.96. The molecule has 2 rings (SSSR count). The number of hydrogen-bond donors (Lipinski definition) is 1. The first-order valence-corrected chi connectivity index (χ1v) is 8.24. The summed E-state index contributed by atoms with van der Waals surface area (Å²) in [6, 6.07) is 6.92. The van der Waals surface area contributed by atoms with Gasteiger partial charge in [-0.25, -0.2) is 0 Å². The number of halogens is 1. The molecule has 0 fully saturated rings. The molecule has 0 aliphatic carbocycles. The van der Waals surface area contributed by atoms with Crippen molar-refractivity contribution in [2.24, 2.45) is 0 Å². The summed E-state index contributed by atoms with van der Waals surface area (Å²) in [4.78, 5) is 2.79. The lowest BCUT2D eigenvalue weighted by molar-refractivity contribution is 0.605. The number of nitrogens with one attached hydrogen (secondary N) is 1. The normalized spacial score (nSPS) is 12.9. The molecule has 92 valence electrons. The molecule has 0 aliphatic rings. The average molecular weight is 330 g/mol. The summed E-state index contributed by atoms with van der Waals surface area (Å²) in [6.45, 7) is 5.45. The lowest BCUT2D eigenvalue weighted by Crippen LogP contribution is -2.22. The Balaban J connectivity index is 2.28. The van der Waals surface area contributed by atoms with Crippen LogP contribution in [0, 0.1) is 6.92 Å². The predicted molar refractivity (Wildman–Crippen MR) is 81.2 cm³/mol. The molecule has 1 nitrogen and oxygen atoms in total. The highest BCUT2D eigenvalue weighted by Gasteiger charge is 2.17. The molecular formula is C13H16BrNS2. The van der Waals surface area contributed by atoms with E-state index in [1.54, 1.807) is 0 Å². The highest BCUT2D eigenvalue weighted by atomic mass is 79.9. The Morgan fingerprint density at radius 2 is 2.18 bits per heavy atom. The first-order valence-electron chi connectivity index (χ1n) is 5.75. The van der Waals surface area contributed by atoms with E-state index in [9.17, 15) is 0 Å². The first-order chi connectivity index (χ1) is 8.22. The van der Waals surface area contributed by atoms with E-state index in [0.717, 1.165) is 13.0 Å². The van der Waals surface area contributed by atoms with Crippen LogP contribution in [0.3, 0.4) is 0 Å². The van der Waals surface area contributed by atoms with Crippen molar-refractivity contribution in [3.05, 3.63) is 42.7 Å². The second kappa shape index (κ2) is 6.14. The van der Waals surface area contributed by atoms with Gasteiger partial charge in [0, 0.05) is 9.75 Å². The first kappa shape index (κ1) is 13.3. The van der Waals surface area contributed by atoms with Crippen LogP contribution in [0.4, 0.5) is 0 Å². The molecule has 0 aromatic carbocycles. The van der Waals surface area contributed by atoms with Crippen molar-refractivity contribution < 1.29 is 0 Å². The van der Waals surface area contributed by atoms with Crippen LogP contribution in [-0.2, 0) is 0 Å². The lowest BCUT2D eigenvalue weighted by atomic mass is 10.1. The van der Waals surface area contributed by atoms with Gasteiger partial charge in [-0.15, -0.1) is 22.7 Å². The number of thiophene rings is 2. The number of aryl methyl sites for hydroxylation is 1. The maximum atomic E-state index is 3.64. The zero-order valence-corrected chi connectivity index (χ0v) is 13.2. The molecule has 2 aromatic heterocycles. The summed E-state index contributed by atoms with van der Waals surface area (Å²) in [6.07, 6.45) is 1.16. The van der Waals surface area contributed by atoms with Crippen LogP contribution in [0.15, 0.2) is 27.4 Å². The van der Waals surface area contributed by atoms with Crippen molar-refractivity contribution in [1.82, 2.24) is 5.32 Å². The van der Waals surface area contributed by atoms with Gasteiger partial charge in [0.05, 0.1) is 9.83 Å². The quantitative estimate of drug-likeness (QED) is 0.816. The minimum Gasteiger partial charge on any atom is -0.306 e. The molecule has 2 aromatic rings. The van der Waals surface area contributed by atoms with Crippen molar-refractivity contribution in [1.29, 1.82) is 0 Å². The van der Waals surface area contributed by atoms with Gasteiger partial charge in [-0.2, -0.15) is 0 Å². The fraction of sp³-hybridized carbons (Fsp3) is 0.385. The van der Waals surface area contributed by atoms with E-state index >= 15 is 0 Å². The minimum atomic E-state index is 0.345. The zero-order chi connectivity index (χ0) is 12.3. The molecule has 0 amide bonds. The van der Waals surface area contributed by atoms with Crippen molar-refractivity contribution in [3.63, 3.8) is 0 Å².